The van der Waals surface area contributed by atoms with Crippen LogP contribution in [0, 0.1) is 5.21 Å². The lowest BCUT2D eigenvalue weighted by atomic mass is 10.1. The zero-order valence-electron chi connectivity index (χ0n) is 14.1. The fourth-order valence-electron chi connectivity index (χ4n) is 2.49. The number of fused-ring (bicyclic) bond motifs is 1. The Labute approximate surface area is 149 Å². The quantitative estimate of drug-likeness (QED) is 0.488. The van der Waals surface area contributed by atoms with E-state index in [4.69, 9.17) is 14.2 Å². The first-order valence-corrected chi connectivity index (χ1v) is 8.09. The molecule has 0 fully saturated rings. The van der Waals surface area contributed by atoms with E-state index in [0.717, 1.165) is 5.56 Å². The molecule has 1 aliphatic heterocycles. The summed E-state index contributed by atoms with van der Waals surface area (Å²) in [5.74, 6) is -0.0385. The molecule has 3 rings (SSSR count). The van der Waals surface area contributed by atoms with E-state index in [2.05, 4.69) is 5.32 Å². The summed E-state index contributed by atoms with van der Waals surface area (Å²) in [6.45, 7) is 2.30. The number of carbonyl (C=O) groups is 2. The SMILES string of the molecule is C[C@H](NC(=O)COC(=O)c1cccc[n+]1[O-])c1ccc2c(c1)OCCO2. The van der Waals surface area contributed by atoms with Crippen LogP contribution in [0.1, 0.15) is 29.0 Å². The number of rotatable bonds is 5. The molecule has 0 unspecified atom stereocenters. The molecule has 1 N–H and O–H groups in total. The Morgan fingerprint density at radius 1 is 1.23 bits per heavy atom. The van der Waals surface area contributed by atoms with E-state index >= 15 is 0 Å². The molecule has 136 valence electrons. The van der Waals surface area contributed by atoms with Crippen molar-refractivity contribution >= 4 is 11.9 Å². The van der Waals surface area contributed by atoms with E-state index in [1.54, 1.807) is 19.1 Å². The number of hydrogen-bond acceptors (Lipinski definition) is 6. The number of esters is 1. The monoisotopic (exact) mass is 358 g/mol. The molecule has 0 saturated carbocycles. The molecule has 8 nitrogen and oxygen atoms in total. The number of benzene rings is 1. The molecule has 0 saturated heterocycles. The molecule has 2 heterocycles. The van der Waals surface area contributed by atoms with Crippen LogP contribution in [-0.4, -0.2) is 31.7 Å². The van der Waals surface area contributed by atoms with Gasteiger partial charge in [0, 0.05) is 12.1 Å². The van der Waals surface area contributed by atoms with Crippen LogP contribution in [0.5, 0.6) is 11.5 Å². The van der Waals surface area contributed by atoms with Gasteiger partial charge in [-0.1, -0.05) is 6.07 Å². The highest BCUT2D eigenvalue weighted by Crippen LogP contribution is 2.32. The molecule has 1 aromatic carbocycles. The van der Waals surface area contributed by atoms with Crippen molar-refractivity contribution in [3.05, 3.63) is 59.1 Å². The van der Waals surface area contributed by atoms with E-state index < -0.39 is 18.5 Å². The summed E-state index contributed by atoms with van der Waals surface area (Å²) in [6.07, 6.45) is 1.18. The van der Waals surface area contributed by atoms with Gasteiger partial charge in [-0.3, -0.25) is 4.79 Å². The van der Waals surface area contributed by atoms with Gasteiger partial charge in [0.15, 0.2) is 24.3 Å². The summed E-state index contributed by atoms with van der Waals surface area (Å²) in [7, 11) is 0. The lowest BCUT2D eigenvalue weighted by Gasteiger charge is -2.21. The maximum atomic E-state index is 12.0. The molecule has 8 heteroatoms. The number of carbonyl (C=O) groups excluding carboxylic acids is 2. The third-order valence-electron chi connectivity index (χ3n) is 3.81. The maximum Gasteiger partial charge on any atom is 0.405 e. The number of nitrogens with zero attached hydrogens (tertiary/aromatic N) is 1. The van der Waals surface area contributed by atoms with E-state index in [0.29, 0.717) is 29.4 Å². The molecule has 0 bridgehead atoms. The Morgan fingerprint density at radius 3 is 2.77 bits per heavy atom. The van der Waals surface area contributed by atoms with Crippen molar-refractivity contribution in [3.8, 4) is 11.5 Å². The summed E-state index contributed by atoms with van der Waals surface area (Å²) in [5.41, 5.74) is 0.648. The van der Waals surface area contributed by atoms with Gasteiger partial charge in [-0.15, -0.1) is 0 Å². The average molecular weight is 358 g/mol. The van der Waals surface area contributed by atoms with Crippen molar-refractivity contribution < 1.29 is 28.5 Å². The van der Waals surface area contributed by atoms with Gasteiger partial charge in [0.05, 0.1) is 6.04 Å². The molecule has 1 aliphatic rings. The smallest absolute Gasteiger partial charge is 0.405 e. The molecule has 0 spiro atoms. The van der Waals surface area contributed by atoms with Crippen molar-refractivity contribution in [3.63, 3.8) is 0 Å². The fraction of sp³-hybridized carbons (Fsp3) is 0.278. The third kappa shape index (κ3) is 4.02. The number of pyridine rings is 1. The molecule has 1 amide bonds. The summed E-state index contributed by atoms with van der Waals surface area (Å²) in [6, 6.07) is 9.45. The zero-order chi connectivity index (χ0) is 18.5. The lowest BCUT2D eigenvalue weighted by Crippen LogP contribution is -2.36. The van der Waals surface area contributed by atoms with Crippen LogP contribution in [0.15, 0.2) is 42.6 Å². The number of hydrogen-bond donors (Lipinski definition) is 1. The van der Waals surface area contributed by atoms with Gasteiger partial charge in [-0.05, 0) is 30.7 Å². The van der Waals surface area contributed by atoms with Crippen molar-refractivity contribution in [2.75, 3.05) is 19.8 Å². The summed E-state index contributed by atoms with van der Waals surface area (Å²) < 4.78 is 16.2. The highest BCUT2D eigenvalue weighted by Gasteiger charge is 2.20. The molecule has 2 aromatic rings. The summed E-state index contributed by atoms with van der Waals surface area (Å²) in [4.78, 5) is 23.8. The zero-order valence-corrected chi connectivity index (χ0v) is 14.1. The largest absolute Gasteiger partial charge is 0.618 e. The minimum Gasteiger partial charge on any atom is -0.618 e. The first-order chi connectivity index (χ1) is 12.5. The second-order valence-corrected chi connectivity index (χ2v) is 5.68. The van der Waals surface area contributed by atoms with Gasteiger partial charge in [0.2, 0.25) is 0 Å². The lowest BCUT2D eigenvalue weighted by molar-refractivity contribution is -0.608. The molecular weight excluding hydrogens is 340 g/mol. The molecule has 1 atom stereocenters. The fourth-order valence-corrected chi connectivity index (χ4v) is 2.49. The molecule has 0 aliphatic carbocycles. The molecule has 1 aromatic heterocycles. The van der Waals surface area contributed by atoms with E-state index in [-0.39, 0.29) is 11.7 Å². The number of aromatic nitrogens is 1. The van der Waals surface area contributed by atoms with Crippen LogP contribution in [-0.2, 0) is 9.53 Å². The minimum absolute atomic E-state index is 0.180. The van der Waals surface area contributed by atoms with Gasteiger partial charge in [0.1, 0.15) is 13.2 Å². The summed E-state index contributed by atoms with van der Waals surface area (Å²) >= 11 is 0. The van der Waals surface area contributed by atoms with Crippen LogP contribution in [0.3, 0.4) is 0 Å². The van der Waals surface area contributed by atoms with Crippen LogP contribution < -0.4 is 19.5 Å². The molecule has 26 heavy (non-hydrogen) atoms. The van der Waals surface area contributed by atoms with Crippen LogP contribution >= 0.6 is 0 Å². The Bertz CT molecular complexity index is 823. The van der Waals surface area contributed by atoms with Crippen molar-refractivity contribution in [1.82, 2.24) is 5.32 Å². The van der Waals surface area contributed by atoms with E-state index in [1.807, 2.05) is 6.07 Å². The van der Waals surface area contributed by atoms with Crippen LogP contribution in [0.25, 0.3) is 0 Å². The van der Waals surface area contributed by atoms with E-state index in [1.165, 1.54) is 24.4 Å². The molecule has 0 radical (unpaired) electrons. The topological polar surface area (TPSA) is 101 Å². The minimum atomic E-state index is -0.859. The van der Waals surface area contributed by atoms with Crippen molar-refractivity contribution in [1.29, 1.82) is 0 Å². The third-order valence-corrected chi connectivity index (χ3v) is 3.81. The van der Waals surface area contributed by atoms with Gasteiger partial charge in [-0.25, -0.2) is 4.79 Å². The second-order valence-electron chi connectivity index (χ2n) is 5.68. The maximum absolute atomic E-state index is 12.0. The highest BCUT2D eigenvalue weighted by atomic mass is 16.6. The average Bonchev–Trinajstić information content (AvgIpc) is 2.66. The van der Waals surface area contributed by atoms with Crippen LogP contribution in [0.2, 0.25) is 0 Å². The van der Waals surface area contributed by atoms with Crippen LogP contribution in [0.4, 0.5) is 0 Å². The predicted octanol–water partition coefficient (Wildman–Crippen LogP) is 1.13. The highest BCUT2D eigenvalue weighted by molar-refractivity contribution is 5.88. The first kappa shape index (κ1) is 17.5. The van der Waals surface area contributed by atoms with Gasteiger partial charge in [0.25, 0.3) is 5.91 Å². The number of nitrogens with one attached hydrogen (secondary N) is 1. The van der Waals surface area contributed by atoms with E-state index in [9.17, 15) is 14.8 Å². The Balaban J connectivity index is 1.54. The standard InChI is InChI=1S/C18H18N2O6/c1-12(13-5-6-15-16(10-13)25-9-8-24-15)19-17(21)11-26-18(22)14-4-2-3-7-20(14)23/h2-7,10,12H,8-9,11H2,1H3,(H,19,21)/t12-/m0/s1. The van der Waals surface area contributed by atoms with Gasteiger partial charge >= 0.3 is 11.7 Å². The second kappa shape index (κ2) is 7.73. The Hall–Kier alpha value is -3.29. The predicted molar refractivity (Wildman–Crippen MR) is 89.7 cm³/mol. The van der Waals surface area contributed by atoms with Gasteiger partial charge < -0.3 is 24.7 Å². The number of amides is 1. The Kier molecular flexibility index (Phi) is 5.21. The summed E-state index contributed by atoms with van der Waals surface area (Å²) in [5, 5.41) is 14.2. The van der Waals surface area contributed by atoms with Crippen molar-refractivity contribution in [2.24, 2.45) is 0 Å². The molecular formula is C18H18N2O6. The van der Waals surface area contributed by atoms with Crippen molar-refractivity contribution in [2.45, 2.75) is 13.0 Å². The normalized spacial score (nSPS) is 13.6. The Morgan fingerprint density at radius 2 is 2.00 bits per heavy atom. The first-order valence-electron chi connectivity index (χ1n) is 8.09. The van der Waals surface area contributed by atoms with Gasteiger partial charge in [-0.2, -0.15) is 4.73 Å². The number of ether oxygens (including phenoxy) is 3.